The van der Waals surface area contributed by atoms with Gasteiger partial charge in [0.2, 0.25) is 11.8 Å². The van der Waals surface area contributed by atoms with Crippen molar-refractivity contribution >= 4 is 17.5 Å². The van der Waals surface area contributed by atoms with E-state index in [2.05, 4.69) is 10.6 Å². The molecule has 138 valence electrons. The topological polar surface area (TPSA) is 80.2 Å². The summed E-state index contributed by atoms with van der Waals surface area (Å²) in [5.74, 6) is -0.994. The van der Waals surface area contributed by atoms with Crippen LogP contribution in [-0.4, -0.2) is 16.4 Å². The number of benzene rings is 1. The number of carbonyl (C=O) groups is 2. The van der Waals surface area contributed by atoms with Crippen LogP contribution in [-0.2, 0) is 22.7 Å². The van der Waals surface area contributed by atoms with Crippen LogP contribution in [0.3, 0.4) is 0 Å². The Balaban J connectivity index is 2.06. The minimum atomic E-state index is -0.435. The lowest BCUT2D eigenvalue weighted by Gasteiger charge is -2.13. The molecule has 1 aromatic heterocycles. The summed E-state index contributed by atoms with van der Waals surface area (Å²) in [4.78, 5) is 36.4. The second kappa shape index (κ2) is 8.94. The van der Waals surface area contributed by atoms with Gasteiger partial charge < -0.3 is 15.2 Å². The fourth-order valence-corrected chi connectivity index (χ4v) is 2.45. The van der Waals surface area contributed by atoms with Crippen molar-refractivity contribution in [3.63, 3.8) is 0 Å². The standard InChI is InChI=1S/C19H22FN3O3/c1-3-5-17(24)22-16-9-8-13(2)23(19(16)26)12-18(25)21-11-14-6-4-7-15(20)10-14/h4,6-10H,3,5,11-12H2,1-2H3,(H,21,25)(H,22,24). The van der Waals surface area contributed by atoms with Crippen LogP contribution in [0.1, 0.15) is 31.0 Å². The van der Waals surface area contributed by atoms with Crippen LogP contribution in [0.4, 0.5) is 10.1 Å². The van der Waals surface area contributed by atoms with Gasteiger partial charge in [-0.2, -0.15) is 0 Å². The normalized spacial score (nSPS) is 10.4. The van der Waals surface area contributed by atoms with E-state index in [0.717, 1.165) is 0 Å². The number of nitrogens with zero attached hydrogens (tertiary/aromatic N) is 1. The molecule has 2 rings (SSSR count). The average Bonchev–Trinajstić information content (AvgIpc) is 2.60. The van der Waals surface area contributed by atoms with Crippen molar-refractivity contribution in [1.82, 2.24) is 9.88 Å². The van der Waals surface area contributed by atoms with Crippen LogP contribution in [0.2, 0.25) is 0 Å². The second-order valence-electron chi connectivity index (χ2n) is 5.98. The first-order valence-electron chi connectivity index (χ1n) is 8.42. The molecule has 0 unspecified atom stereocenters. The van der Waals surface area contributed by atoms with Crippen molar-refractivity contribution in [3.05, 3.63) is 63.8 Å². The number of anilines is 1. The number of halogens is 1. The Kier molecular flexibility index (Phi) is 6.66. The van der Waals surface area contributed by atoms with E-state index in [-0.39, 0.29) is 36.4 Å². The minimum Gasteiger partial charge on any atom is -0.350 e. The first kappa shape index (κ1) is 19.4. The summed E-state index contributed by atoms with van der Waals surface area (Å²) in [6.45, 7) is 3.56. The zero-order valence-corrected chi connectivity index (χ0v) is 14.8. The largest absolute Gasteiger partial charge is 0.350 e. The molecule has 0 fully saturated rings. The van der Waals surface area contributed by atoms with Crippen LogP contribution in [0.15, 0.2) is 41.2 Å². The third-order valence-electron chi connectivity index (χ3n) is 3.82. The molecule has 0 aliphatic rings. The molecule has 0 atom stereocenters. The van der Waals surface area contributed by atoms with Gasteiger partial charge in [0.25, 0.3) is 5.56 Å². The minimum absolute atomic E-state index is 0.145. The summed E-state index contributed by atoms with van der Waals surface area (Å²) >= 11 is 0. The lowest BCUT2D eigenvalue weighted by molar-refractivity contribution is -0.122. The van der Waals surface area contributed by atoms with Crippen molar-refractivity contribution in [2.45, 2.75) is 39.8 Å². The van der Waals surface area contributed by atoms with Crippen LogP contribution in [0.25, 0.3) is 0 Å². The number of rotatable bonds is 7. The molecule has 1 aromatic carbocycles. The molecular weight excluding hydrogens is 337 g/mol. The molecule has 0 bridgehead atoms. The Labute approximate surface area is 151 Å². The van der Waals surface area contributed by atoms with E-state index < -0.39 is 5.56 Å². The van der Waals surface area contributed by atoms with Gasteiger partial charge in [0, 0.05) is 18.7 Å². The zero-order chi connectivity index (χ0) is 19.1. The van der Waals surface area contributed by atoms with Gasteiger partial charge in [0.15, 0.2) is 0 Å². The Morgan fingerprint density at radius 2 is 1.92 bits per heavy atom. The molecule has 0 aliphatic heterocycles. The zero-order valence-electron chi connectivity index (χ0n) is 14.8. The number of hydrogen-bond acceptors (Lipinski definition) is 3. The number of pyridine rings is 1. The molecule has 26 heavy (non-hydrogen) atoms. The Morgan fingerprint density at radius 1 is 1.15 bits per heavy atom. The smallest absolute Gasteiger partial charge is 0.274 e. The van der Waals surface area contributed by atoms with Crippen molar-refractivity contribution in [2.24, 2.45) is 0 Å². The average molecular weight is 359 g/mol. The number of amides is 2. The van der Waals surface area contributed by atoms with Crippen LogP contribution < -0.4 is 16.2 Å². The molecule has 2 amide bonds. The molecule has 2 aromatic rings. The molecule has 1 heterocycles. The van der Waals surface area contributed by atoms with Crippen molar-refractivity contribution in [1.29, 1.82) is 0 Å². The van der Waals surface area contributed by atoms with Gasteiger partial charge >= 0.3 is 0 Å². The highest BCUT2D eigenvalue weighted by Crippen LogP contribution is 2.06. The van der Waals surface area contributed by atoms with E-state index in [0.29, 0.717) is 24.1 Å². The molecule has 2 N–H and O–H groups in total. The molecule has 0 spiro atoms. The fourth-order valence-electron chi connectivity index (χ4n) is 2.45. The van der Waals surface area contributed by atoms with E-state index in [1.54, 1.807) is 25.1 Å². The molecule has 7 heteroatoms. The summed E-state index contributed by atoms with van der Waals surface area (Å²) in [6.07, 6.45) is 0.996. The molecule has 0 saturated carbocycles. The predicted octanol–water partition coefficient (Wildman–Crippen LogP) is 2.35. The van der Waals surface area contributed by atoms with Gasteiger partial charge in [0.1, 0.15) is 18.0 Å². The van der Waals surface area contributed by atoms with E-state index in [1.165, 1.54) is 22.8 Å². The van der Waals surface area contributed by atoms with Crippen molar-refractivity contribution in [2.75, 3.05) is 5.32 Å². The monoisotopic (exact) mass is 359 g/mol. The maximum absolute atomic E-state index is 13.2. The van der Waals surface area contributed by atoms with Gasteiger partial charge in [-0.3, -0.25) is 14.4 Å². The first-order valence-corrected chi connectivity index (χ1v) is 8.42. The highest BCUT2D eigenvalue weighted by Gasteiger charge is 2.12. The molecule has 6 nitrogen and oxygen atoms in total. The van der Waals surface area contributed by atoms with E-state index in [9.17, 15) is 18.8 Å². The maximum atomic E-state index is 13.2. The highest BCUT2D eigenvalue weighted by molar-refractivity contribution is 5.90. The summed E-state index contributed by atoms with van der Waals surface area (Å²) in [7, 11) is 0. The lowest BCUT2D eigenvalue weighted by atomic mass is 10.2. The van der Waals surface area contributed by atoms with Crippen molar-refractivity contribution in [3.8, 4) is 0 Å². The number of hydrogen-bond donors (Lipinski definition) is 2. The first-order chi connectivity index (χ1) is 12.4. The van der Waals surface area contributed by atoms with Crippen LogP contribution in [0.5, 0.6) is 0 Å². The quantitative estimate of drug-likeness (QED) is 0.796. The summed E-state index contributed by atoms with van der Waals surface area (Å²) in [6, 6.07) is 9.13. The third kappa shape index (κ3) is 5.27. The van der Waals surface area contributed by atoms with E-state index in [4.69, 9.17) is 0 Å². The Morgan fingerprint density at radius 3 is 2.62 bits per heavy atom. The lowest BCUT2D eigenvalue weighted by Crippen LogP contribution is -2.34. The predicted molar refractivity (Wildman–Crippen MR) is 97.2 cm³/mol. The maximum Gasteiger partial charge on any atom is 0.274 e. The van der Waals surface area contributed by atoms with Crippen LogP contribution in [0, 0.1) is 12.7 Å². The number of nitrogens with one attached hydrogen (secondary N) is 2. The third-order valence-corrected chi connectivity index (χ3v) is 3.82. The fraction of sp³-hybridized carbons (Fsp3) is 0.316. The SMILES string of the molecule is CCCC(=O)Nc1ccc(C)n(CC(=O)NCc2cccc(F)c2)c1=O. The second-order valence-corrected chi connectivity index (χ2v) is 5.98. The van der Waals surface area contributed by atoms with E-state index >= 15 is 0 Å². The summed E-state index contributed by atoms with van der Waals surface area (Å²) in [5, 5.41) is 5.23. The van der Waals surface area contributed by atoms with Gasteiger partial charge in [-0.15, -0.1) is 0 Å². The van der Waals surface area contributed by atoms with Gasteiger partial charge in [-0.25, -0.2) is 4.39 Å². The molecule has 0 aliphatic carbocycles. The van der Waals surface area contributed by atoms with Crippen LogP contribution >= 0.6 is 0 Å². The molecule has 0 radical (unpaired) electrons. The Hall–Kier alpha value is -2.96. The molecule has 0 saturated heterocycles. The summed E-state index contributed by atoms with van der Waals surface area (Å²) < 4.78 is 14.4. The summed E-state index contributed by atoms with van der Waals surface area (Å²) in [5.41, 5.74) is 0.940. The number of carbonyl (C=O) groups excluding carboxylic acids is 2. The highest BCUT2D eigenvalue weighted by atomic mass is 19.1. The van der Waals surface area contributed by atoms with Gasteiger partial charge in [0.05, 0.1) is 0 Å². The number of aryl methyl sites for hydroxylation is 1. The van der Waals surface area contributed by atoms with E-state index in [1.807, 2.05) is 6.92 Å². The van der Waals surface area contributed by atoms with Gasteiger partial charge in [-0.05, 0) is 43.2 Å². The van der Waals surface area contributed by atoms with Gasteiger partial charge in [-0.1, -0.05) is 19.1 Å². The Bertz CT molecular complexity index is 861. The molecular formula is C19H22FN3O3. The number of aromatic nitrogens is 1. The van der Waals surface area contributed by atoms with Crippen molar-refractivity contribution < 1.29 is 14.0 Å².